The van der Waals surface area contributed by atoms with Crippen LogP contribution in [0.4, 0.5) is 0 Å². The van der Waals surface area contributed by atoms with E-state index in [9.17, 15) is 4.79 Å². The third-order valence-corrected chi connectivity index (χ3v) is 3.74. The fraction of sp³-hybridized carbons (Fsp3) is 0.591. The average Bonchev–Trinajstić information content (AvgIpc) is 2.56. The van der Waals surface area contributed by atoms with Gasteiger partial charge in [-0.2, -0.15) is 0 Å². The molecular weight excluding hydrogens is 296 g/mol. The highest BCUT2D eigenvalue weighted by Gasteiger charge is 1.90. The third kappa shape index (κ3) is 20.4. The maximum Gasteiger partial charge on any atom is 0.303 e. The minimum Gasteiger partial charge on any atom is -0.481 e. The normalized spacial score (nSPS) is 12.4. The molecule has 2 heteroatoms. The molecule has 0 spiro atoms. The third-order valence-electron chi connectivity index (χ3n) is 3.74. The minimum absolute atomic E-state index is 0.208. The second-order valence-corrected chi connectivity index (χ2v) is 6.10. The smallest absolute Gasteiger partial charge is 0.303 e. The van der Waals surface area contributed by atoms with E-state index >= 15 is 0 Å². The number of hydrogen-bond donors (Lipinski definition) is 1. The highest BCUT2D eigenvalue weighted by atomic mass is 16.4. The fourth-order valence-corrected chi connectivity index (χ4v) is 2.30. The van der Waals surface area contributed by atoms with Crippen LogP contribution in [0.3, 0.4) is 0 Å². The van der Waals surface area contributed by atoms with Crippen LogP contribution in [0.1, 0.15) is 84.0 Å². The van der Waals surface area contributed by atoms with Gasteiger partial charge in [0.15, 0.2) is 0 Å². The number of rotatable bonds is 16. The highest BCUT2D eigenvalue weighted by Crippen LogP contribution is 2.07. The van der Waals surface area contributed by atoms with Gasteiger partial charge in [-0.25, -0.2) is 0 Å². The maximum atomic E-state index is 10.3. The van der Waals surface area contributed by atoms with Crippen molar-refractivity contribution in [1.82, 2.24) is 0 Å². The summed E-state index contributed by atoms with van der Waals surface area (Å²) >= 11 is 0. The molecule has 0 radical (unpaired) electrons. The Hall–Kier alpha value is -1.57. The van der Waals surface area contributed by atoms with Crippen molar-refractivity contribution in [3.8, 4) is 0 Å². The van der Waals surface area contributed by atoms with E-state index in [4.69, 9.17) is 5.11 Å². The predicted molar refractivity (Wildman–Crippen MR) is 105 cm³/mol. The molecule has 0 aliphatic carbocycles. The summed E-state index contributed by atoms with van der Waals surface area (Å²) in [5.74, 6) is -0.741. The van der Waals surface area contributed by atoms with Crippen LogP contribution in [0.5, 0.6) is 0 Å². The molecule has 0 aromatic heterocycles. The van der Waals surface area contributed by atoms with Gasteiger partial charge in [0.1, 0.15) is 0 Å². The summed E-state index contributed by atoms with van der Waals surface area (Å²) in [6.07, 6.45) is 30.3. The molecular formula is C22H36O2. The molecule has 0 atom stereocenters. The Balaban J connectivity index is 3.37. The molecule has 0 fully saturated rings. The summed E-state index contributed by atoms with van der Waals surface area (Å²) < 4.78 is 0. The first-order valence-electron chi connectivity index (χ1n) is 9.60. The number of unbranched alkanes of at least 4 members (excludes halogenated alkanes) is 7. The Morgan fingerprint density at radius 3 is 2.00 bits per heavy atom. The van der Waals surface area contributed by atoms with Gasteiger partial charge in [-0.1, -0.05) is 87.6 Å². The highest BCUT2D eigenvalue weighted by molar-refractivity contribution is 5.66. The van der Waals surface area contributed by atoms with Crippen molar-refractivity contribution in [1.29, 1.82) is 0 Å². The molecule has 136 valence electrons. The Morgan fingerprint density at radius 1 is 0.708 bits per heavy atom. The van der Waals surface area contributed by atoms with Crippen LogP contribution in [-0.2, 0) is 4.79 Å². The zero-order chi connectivity index (χ0) is 17.7. The van der Waals surface area contributed by atoms with Gasteiger partial charge in [0.2, 0.25) is 0 Å². The van der Waals surface area contributed by atoms with Crippen LogP contribution in [0.2, 0.25) is 0 Å². The van der Waals surface area contributed by atoms with E-state index in [1.54, 1.807) is 0 Å². The summed E-state index contributed by atoms with van der Waals surface area (Å²) in [6.45, 7) is 2.26. The van der Waals surface area contributed by atoms with Gasteiger partial charge < -0.3 is 5.11 Å². The molecule has 0 saturated heterocycles. The van der Waals surface area contributed by atoms with Crippen molar-refractivity contribution in [2.24, 2.45) is 0 Å². The van der Waals surface area contributed by atoms with Crippen LogP contribution < -0.4 is 0 Å². The maximum absolute atomic E-state index is 10.3. The van der Waals surface area contributed by atoms with E-state index in [0.717, 1.165) is 19.3 Å². The average molecular weight is 333 g/mol. The lowest BCUT2D eigenvalue weighted by Crippen LogP contribution is -1.91. The van der Waals surface area contributed by atoms with Gasteiger partial charge in [0.05, 0.1) is 0 Å². The minimum atomic E-state index is -0.741. The van der Waals surface area contributed by atoms with Crippen molar-refractivity contribution in [2.45, 2.75) is 84.0 Å². The van der Waals surface area contributed by atoms with Crippen LogP contribution in [-0.4, -0.2) is 11.1 Å². The lowest BCUT2D eigenvalue weighted by Gasteiger charge is -1.97. The summed E-state index contributed by atoms with van der Waals surface area (Å²) in [7, 11) is 0. The van der Waals surface area contributed by atoms with Gasteiger partial charge in [0.25, 0.3) is 0 Å². The van der Waals surface area contributed by atoms with Crippen LogP contribution >= 0.6 is 0 Å². The van der Waals surface area contributed by atoms with Crippen LogP contribution in [0.15, 0.2) is 48.6 Å². The monoisotopic (exact) mass is 332 g/mol. The molecule has 0 aliphatic rings. The molecule has 0 aliphatic heterocycles. The zero-order valence-electron chi connectivity index (χ0n) is 15.5. The fourth-order valence-electron chi connectivity index (χ4n) is 2.30. The summed E-state index contributed by atoms with van der Waals surface area (Å²) in [5.41, 5.74) is 0. The Bertz CT molecular complexity index is 389. The number of allylic oxidation sites excluding steroid dienone is 8. The Labute approximate surface area is 149 Å². The molecule has 2 nitrogen and oxygen atoms in total. The van der Waals surface area contributed by atoms with E-state index in [1.165, 1.54) is 44.9 Å². The largest absolute Gasteiger partial charge is 0.481 e. The SMILES string of the molecule is CCCCCCCC/C=C\C/C=C\CC/C=C/C=C\CCC(=O)O. The van der Waals surface area contributed by atoms with Gasteiger partial charge in [-0.05, 0) is 38.5 Å². The van der Waals surface area contributed by atoms with Gasteiger partial charge in [0, 0.05) is 6.42 Å². The number of aliphatic carboxylic acids is 1. The number of carboxylic acid groups (broad SMARTS) is 1. The Morgan fingerprint density at radius 2 is 1.29 bits per heavy atom. The lowest BCUT2D eigenvalue weighted by atomic mass is 10.1. The van der Waals surface area contributed by atoms with Crippen molar-refractivity contribution < 1.29 is 9.90 Å². The molecule has 0 saturated carbocycles. The molecule has 0 unspecified atom stereocenters. The van der Waals surface area contributed by atoms with Gasteiger partial charge >= 0.3 is 5.97 Å². The first-order chi connectivity index (χ1) is 11.8. The summed E-state index contributed by atoms with van der Waals surface area (Å²) in [6, 6.07) is 0. The standard InChI is InChI=1S/C22H36O2/c1-2-3-4-5-6-7-8-9-10-11-12-13-14-15-16-17-18-19-20-21-22(23)24/h9-10,12-13,16-19H,2-8,11,14-15,20-21H2,1H3,(H,23,24)/b10-9-,13-12-,17-16+,19-18-. The van der Waals surface area contributed by atoms with Gasteiger partial charge in [-0.15, -0.1) is 0 Å². The van der Waals surface area contributed by atoms with Crippen molar-refractivity contribution >= 4 is 5.97 Å². The van der Waals surface area contributed by atoms with Crippen LogP contribution in [0, 0.1) is 0 Å². The molecule has 0 rings (SSSR count). The molecule has 0 amide bonds. The molecule has 24 heavy (non-hydrogen) atoms. The van der Waals surface area contributed by atoms with E-state index < -0.39 is 5.97 Å². The predicted octanol–water partition coefficient (Wildman–Crippen LogP) is 7.00. The van der Waals surface area contributed by atoms with Gasteiger partial charge in [-0.3, -0.25) is 4.79 Å². The number of carbonyl (C=O) groups is 1. The number of hydrogen-bond acceptors (Lipinski definition) is 1. The zero-order valence-corrected chi connectivity index (χ0v) is 15.5. The second kappa shape index (κ2) is 19.5. The quantitative estimate of drug-likeness (QED) is 0.188. The van der Waals surface area contributed by atoms with E-state index in [2.05, 4.69) is 37.3 Å². The molecule has 0 bridgehead atoms. The lowest BCUT2D eigenvalue weighted by molar-refractivity contribution is -0.136. The second-order valence-electron chi connectivity index (χ2n) is 6.10. The van der Waals surface area contributed by atoms with Crippen molar-refractivity contribution in [3.63, 3.8) is 0 Å². The summed E-state index contributed by atoms with van der Waals surface area (Å²) in [4.78, 5) is 10.3. The topological polar surface area (TPSA) is 37.3 Å². The van der Waals surface area contributed by atoms with Crippen LogP contribution in [0.25, 0.3) is 0 Å². The van der Waals surface area contributed by atoms with Crippen molar-refractivity contribution in [2.75, 3.05) is 0 Å². The molecule has 0 aromatic rings. The molecule has 0 aromatic carbocycles. The first kappa shape index (κ1) is 22.4. The molecule has 0 heterocycles. The Kier molecular flexibility index (Phi) is 18.2. The van der Waals surface area contributed by atoms with E-state index in [-0.39, 0.29) is 6.42 Å². The first-order valence-corrected chi connectivity index (χ1v) is 9.60. The molecule has 1 N–H and O–H groups in total. The van der Waals surface area contributed by atoms with Crippen molar-refractivity contribution in [3.05, 3.63) is 48.6 Å². The van der Waals surface area contributed by atoms with E-state index in [1.807, 2.05) is 18.2 Å². The van der Waals surface area contributed by atoms with E-state index in [0.29, 0.717) is 6.42 Å². The number of carboxylic acids is 1. The summed E-state index contributed by atoms with van der Waals surface area (Å²) in [5, 5.41) is 8.49.